The number of H-pyrrole nitrogens is 1. The first-order chi connectivity index (χ1) is 15.1. The Balaban J connectivity index is 1.65. The third-order valence-electron chi connectivity index (χ3n) is 4.45. The molecule has 0 amide bonds. The molecule has 170 valence electrons. The number of aromatic amines is 1. The number of benzene rings is 1. The molecule has 3 aromatic rings. The van der Waals surface area contributed by atoms with E-state index in [4.69, 9.17) is 4.74 Å². The first-order valence-corrected chi connectivity index (χ1v) is 10.4. The molecule has 0 bridgehead atoms. The van der Waals surface area contributed by atoms with Crippen LogP contribution in [0.4, 0.5) is 13.2 Å². The van der Waals surface area contributed by atoms with Gasteiger partial charge in [-0.15, -0.1) is 0 Å². The van der Waals surface area contributed by atoms with E-state index in [0.717, 1.165) is 21.2 Å². The zero-order chi connectivity index (χ0) is 23.3. The highest BCUT2D eigenvalue weighted by molar-refractivity contribution is 7.97. The molecule has 2 N–H and O–H groups in total. The van der Waals surface area contributed by atoms with Gasteiger partial charge in [-0.2, -0.15) is 4.39 Å². The highest BCUT2D eigenvalue weighted by Crippen LogP contribution is 2.27. The van der Waals surface area contributed by atoms with Crippen LogP contribution in [0.5, 0.6) is 5.75 Å². The molecule has 0 aliphatic rings. The predicted molar refractivity (Wildman–Crippen MR) is 115 cm³/mol. The van der Waals surface area contributed by atoms with Crippen LogP contribution in [0.2, 0.25) is 0 Å². The van der Waals surface area contributed by atoms with Crippen molar-refractivity contribution in [3.8, 4) is 5.75 Å². The van der Waals surface area contributed by atoms with Crippen LogP contribution in [0.25, 0.3) is 0 Å². The zero-order valence-electron chi connectivity index (χ0n) is 17.3. The molecule has 0 unspecified atom stereocenters. The summed E-state index contributed by atoms with van der Waals surface area (Å²) in [5.74, 6) is -0.692. The molecule has 7 nitrogen and oxygen atoms in total. The number of ether oxygens (including phenoxy) is 1. The van der Waals surface area contributed by atoms with Crippen molar-refractivity contribution in [1.29, 1.82) is 0 Å². The second kappa shape index (κ2) is 10.0. The normalized spacial score (nSPS) is 11.7. The maximum absolute atomic E-state index is 13.4. The lowest BCUT2D eigenvalue weighted by molar-refractivity contribution is 0.0818. The number of nitrogens with zero attached hydrogens (tertiary/aromatic N) is 2. The van der Waals surface area contributed by atoms with Crippen molar-refractivity contribution in [2.75, 3.05) is 6.61 Å². The first kappa shape index (κ1) is 23.6. The van der Waals surface area contributed by atoms with Gasteiger partial charge in [0.15, 0.2) is 0 Å². The van der Waals surface area contributed by atoms with Gasteiger partial charge in [-0.25, -0.2) is 18.3 Å². The third kappa shape index (κ3) is 6.24. The summed E-state index contributed by atoms with van der Waals surface area (Å²) in [5.41, 5.74) is -0.948. The van der Waals surface area contributed by atoms with Crippen LogP contribution >= 0.6 is 11.9 Å². The van der Waals surface area contributed by atoms with Crippen LogP contribution in [0.1, 0.15) is 25.1 Å². The van der Waals surface area contributed by atoms with Gasteiger partial charge in [-0.05, 0) is 55.6 Å². The Morgan fingerprint density at radius 3 is 2.72 bits per heavy atom. The number of hydrogen-bond donors (Lipinski definition) is 2. The maximum Gasteiger partial charge on any atom is 0.328 e. The first-order valence-electron chi connectivity index (χ1n) is 9.54. The summed E-state index contributed by atoms with van der Waals surface area (Å²) in [6.45, 7) is 3.22. The Kier molecular flexibility index (Phi) is 7.41. The van der Waals surface area contributed by atoms with E-state index in [9.17, 15) is 22.8 Å². The molecule has 0 saturated heterocycles. The van der Waals surface area contributed by atoms with E-state index in [0.29, 0.717) is 11.4 Å². The van der Waals surface area contributed by atoms with Crippen molar-refractivity contribution >= 4 is 11.9 Å². The van der Waals surface area contributed by atoms with Crippen molar-refractivity contribution in [2.24, 2.45) is 0 Å². The van der Waals surface area contributed by atoms with E-state index in [2.05, 4.69) is 9.71 Å². The number of pyridine rings is 1. The second-order valence-corrected chi connectivity index (χ2v) is 8.29. The van der Waals surface area contributed by atoms with Crippen molar-refractivity contribution in [1.82, 2.24) is 19.3 Å². The standard InChI is InChI=1S/C21H21F3N4O3S/c1-21(2,27-32-16-5-3-4-15(8-16)31-12-18(23)24)13-6-7-14(25-9-13)10-28-11-17(22)19(29)26-20(28)30/h3-9,11,18,27H,10,12H2,1-2H3,(H,26,29,30). The van der Waals surface area contributed by atoms with Crippen molar-refractivity contribution in [2.45, 2.75) is 37.3 Å². The van der Waals surface area contributed by atoms with Gasteiger partial charge >= 0.3 is 5.69 Å². The maximum atomic E-state index is 13.4. The highest BCUT2D eigenvalue weighted by Gasteiger charge is 2.21. The van der Waals surface area contributed by atoms with Gasteiger partial charge in [0.25, 0.3) is 12.0 Å². The van der Waals surface area contributed by atoms with E-state index in [1.807, 2.05) is 31.0 Å². The number of halogens is 3. The number of hydrogen-bond acceptors (Lipinski definition) is 6. The van der Waals surface area contributed by atoms with E-state index in [-0.39, 0.29) is 6.54 Å². The fourth-order valence-corrected chi connectivity index (χ4v) is 3.51. The van der Waals surface area contributed by atoms with Crippen LogP contribution in [-0.4, -0.2) is 27.6 Å². The molecule has 0 aliphatic heterocycles. The van der Waals surface area contributed by atoms with Crippen LogP contribution in [-0.2, 0) is 12.1 Å². The van der Waals surface area contributed by atoms with Crippen LogP contribution in [0.3, 0.4) is 0 Å². The molecule has 0 radical (unpaired) electrons. The summed E-state index contributed by atoms with van der Waals surface area (Å²) in [6.07, 6.45) is -0.0587. The Labute approximate surface area is 185 Å². The summed E-state index contributed by atoms with van der Waals surface area (Å²) in [6, 6.07) is 10.3. The molecule has 2 aromatic heterocycles. The number of rotatable bonds is 9. The Morgan fingerprint density at radius 1 is 1.25 bits per heavy atom. The molecule has 0 fully saturated rings. The molecular formula is C21H21F3N4O3S. The average Bonchev–Trinajstić information content (AvgIpc) is 2.75. The van der Waals surface area contributed by atoms with E-state index >= 15 is 0 Å². The largest absolute Gasteiger partial charge is 0.488 e. The summed E-state index contributed by atoms with van der Waals surface area (Å²) >= 11 is 1.32. The Morgan fingerprint density at radius 2 is 2.03 bits per heavy atom. The minimum absolute atomic E-state index is 0.000823. The monoisotopic (exact) mass is 466 g/mol. The summed E-state index contributed by atoms with van der Waals surface area (Å²) < 4.78 is 47.5. The van der Waals surface area contributed by atoms with Crippen LogP contribution < -0.4 is 20.7 Å². The minimum atomic E-state index is -2.54. The molecule has 3 rings (SSSR count). The molecule has 11 heteroatoms. The lowest BCUT2D eigenvalue weighted by Gasteiger charge is -2.26. The van der Waals surface area contributed by atoms with Gasteiger partial charge in [-0.3, -0.25) is 19.3 Å². The predicted octanol–water partition coefficient (Wildman–Crippen LogP) is 3.29. The number of aromatic nitrogens is 3. The van der Waals surface area contributed by atoms with Gasteiger partial charge in [0.1, 0.15) is 12.4 Å². The molecule has 1 aromatic carbocycles. The van der Waals surface area contributed by atoms with Gasteiger partial charge < -0.3 is 4.74 Å². The lowest BCUT2D eigenvalue weighted by atomic mass is 9.97. The minimum Gasteiger partial charge on any atom is -0.488 e. The molecule has 2 heterocycles. The second-order valence-electron chi connectivity index (χ2n) is 7.41. The van der Waals surface area contributed by atoms with Gasteiger partial charge in [0, 0.05) is 16.6 Å². The van der Waals surface area contributed by atoms with Crippen molar-refractivity contribution < 1.29 is 17.9 Å². The summed E-state index contributed by atoms with van der Waals surface area (Å²) in [4.78, 5) is 29.9. The van der Waals surface area contributed by atoms with E-state index < -0.39 is 35.6 Å². The van der Waals surface area contributed by atoms with Crippen molar-refractivity contribution in [3.63, 3.8) is 0 Å². The molecule has 0 atom stereocenters. The van der Waals surface area contributed by atoms with Gasteiger partial charge in [0.05, 0.1) is 18.4 Å². The molecule has 0 aliphatic carbocycles. The van der Waals surface area contributed by atoms with Crippen molar-refractivity contribution in [3.05, 3.63) is 86.7 Å². The Bertz CT molecular complexity index is 1180. The summed E-state index contributed by atoms with van der Waals surface area (Å²) in [5, 5.41) is 0. The lowest BCUT2D eigenvalue weighted by Crippen LogP contribution is -2.32. The molecule has 32 heavy (non-hydrogen) atoms. The summed E-state index contributed by atoms with van der Waals surface area (Å²) in [7, 11) is 0. The number of nitrogens with one attached hydrogen (secondary N) is 2. The van der Waals surface area contributed by atoms with Gasteiger partial charge in [-0.1, -0.05) is 12.1 Å². The van der Waals surface area contributed by atoms with Crippen LogP contribution in [0, 0.1) is 5.82 Å². The highest BCUT2D eigenvalue weighted by atomic mass is 32.2. The Hall–Kier alpha value is -3.05. The van der Waals surface area contributed by atoms with E-state index in [1.165, 1.54) is 11.9 Å². The van der Waals surface area contributed by atoms with Crippen LogP contribution in [0.15, 0.2) is 63.3 Å². The number of alkyl halides is 2. The molecule has 0 spiro atoms. The topological polar surface area (TPSA) is 89.0 Å². The third-order valence-corrected chi connectivity index (χ3v) is 5.55. The quantitative estimate of drug-likeness (QED) is 0.471. The average molecular weight is 466 g/mol. The van der Waals surface area contributed by atoms with Gasteiger partial charge in [0.2, 0.25) is 5.82 Å². The molecule has 0 saturated carbocycles. The fraction of sp³-hybridized carbons (Fsp3) is 0.286. The smallest absolute Gasteiger partial charge is 0.328 e. The SMILES string of the molecule is CC(C)(NSc1cccc(OCC(F)F)c1)c1ccc(Cn2cc(F)c(=O)[nH]c2=O)nc1. The van der Waals surface area contributed by atoms with E-state index in [1.54, 1.807) is 30.5 Å². The fourth-order valence-electron chi connectivity index (χ4n) is 2.69. The zero-order valence-corrected chi connectivity index (χ0v) is 18.1. The molecular weight excluding hydrogens is 445 g/mol.